The first-order valence-electron chi connectivity index (χ1n) is 11.0. The van der Waals surface area contributed by atoms with Crippen molar-refractivity contribution in [3.05, 3.63) is 11.6 Å². The van der Waals surface area contributed by atoms with Crippen LogP contribution in [0.15, 0.2) is 11.6 Å². The maximum absolute atomic E-state index is 12.0. The van der Waals surface area contributed by atoms with Crippen molar-refractivity contribution in [1.29, 1.82) is 0 Å². The van der Waals surface area contributed by atoms with Gasteiger partial charge in [-0.3, -0.25) is 9.59 Å². The minimum Gasteiger partial charge on any atom is -0.465 e. The van der Waals surface area contributed by atoms with E-state index >= 15 is 0 Å². The molecule has 0 heterocycles. The van der Waals surface area contributed by atoms with E-state index in [1.54, 1.807) is 0 Å². The standard InChI is InChI=1S/C21H30O4.C2H4O3/c1-13(22)25-12-21-10-7-15(23)11-14(21)3-4-16-17-5-6-19(24)20(17,2)9-8-18(16)21;1-5-2(3)4/h11,16-19,24H,3-10,12H2,1-2H3;1H3,(H,3,4)/t16-,17-,18-,19-,20-,21+;/m0./s1. The first-order chi connectivity index (χ1) is 14.1. The number of ether oxygens (including phenoxy) is 2. The minimum atomic E-state index is -1.25. The highest BCUT2D eigenvalue weighted by Crippen LogP contribution is 2.65. The largest absolute Gasteiger partial charge is 0.505 e. The molecule has 0 saturated heterocycles. The number of ketones is 1. The van der Waals surface area contributed by atoms with Crippen LogP contribution in [0.25, 0.3) is 0 Å². The molecular weight excluding hydrogens is 388 g/mol. The van der Waals surface area contributed by atoms with Crippen molar-refractivity contribution in [3.8, 4) is 0 Å². The molecule has 30 heavy (non-hydrogen) atoms. The second-order valence-electron chi connectivity index (χ2n) is 9.60. The van der Waals surface area contributed by atoms with Gasteiger partial charge in [0.2, 0.25) is 0 Å². The maximum atomic E-state index is 12.0. The average Bonchev–Trinajstić information content (AvgIpc) is 3.01. The summed E-state index contributed by atoms with van der Waals surface area (Å²) in [7, 11) is 1.10. The quantitative estimate of drug-likeness (QED) is 0.652. The van der Waals surface area contributed by atoms with Crippen LogP contribution in [0.1, 0.15) is 65.2 Å². The molecule has 0 aliphatic heterocycles. The Kier molecular flexibility index (Phi) is 6.60. The van der Waals surface area contributed by atoms with Crippen LogP contribution in [0.3, 0.4) is 0 Å². The molecule has 3 saturated carbocycles. The van der Waals surface area contributed by atoms with E-state index in [1.807, 2.05) is 6.08 Å². The van der Waals surface area contributed by atoms with Gasteiger partial charge in [0.1, 0.15) is 6.61 Å². The van der Waals surface area contributed by atoms with Crippen LogP contribution in [0, 0.1) is 28.6 Å². The second kappa shape index (κ2) is 8.69. The van der Waals surface area contributed by atoms with E-state index in [2.05, 4.69) is 11.7 Å². The Morgan fingerprint density at radius 1 is 1.13 bits per heavy atom. The van der Waals surface area contributed by atoms with Crippen LogP contribution in [0.5, 0.6) is 0 Å². The van der Waals surface area contributed by atoms with Gasteiger partial charge in [0, 0.05) is 18.8 Å². The summed E-state index contributed by atoms with van der Waals surface area (Å²) in [5, 5.41) is 18.1. The van der Waals surface area contributed by atoms with E-state index in [4.69, 9.17) is 14.6 Å². The van der Waals surface area contributed by atoms with Gasteiger partial charge >= 0.3 is 12.1 Å². The number of esters is 1. The molecule has 0 spiro atoms. The van der Waals surface area contributed by atoms with Crippen molar-refractivity contribution in [3.63, 3.8) is 0 Å². The van der Waals surface area contributed by atoms with Crippen LogP contribution >= 0.6 is 0 Å². The van der Waals surface area contributed by atoms with Crippen LogP contribution in [0.2, 0.25) is 0 Å². The van der Waals surface area contributed by atoms with Gasteiger partial charge in [0.25, 0.3) is 0 Å². The van der Waals surface area contributed by atoms with Gasteiger partial charge in [-0.25, -0.2) is 4.79 Å². The third-order valence-corrected chi connectivity index (χ3v) is 8.34. The first kappa shape index (κ1) is 22.8. The van der Waals surface area contributed by atoms with Gasteiger partial charge in [-0.15, -0.1) is 0 Å². The predicted molar refractivity (Wildman–Crippen MR) is 109 cm³/mol. The van der Waals surface area contributed by atoms with E-state index < -0.39 is 6.16 Å². The lowest BCUT2D eigenvalue weighted by Crippen LogP contribution is -2.53. The molecule has 0 aromatic heterocycles. The number of carbonyl (C=O) groups is 3. The van der Waals surface area contributed by atoms with E-state index in [0.29, 0.717) is 30.8 Å². The third kappa shape index (κ3) is 4.01. The van der Waals surface area contributed by atoms with E-state index in [9.17, 15) is 14.7 Å². The topological polar surface area (TPSA) is 110 Å². The molecule has 3 fully saturated rings. The minimum absolute atomic E-state index is 0.0511. The molecule has 4 rings (SSSR count). The van der Waals surface area contributed by atoms with E-state index in [-0.39, 0.29) is 28.7 Å². The summed E-state index contributed by atoms with van der Waals surface area (Å²) in [6.07, 6.45) is 8.03. The van der Waals surface area contributed by atoms with Crippen molar-refractivity contribution in [2.45, 2.75) is 71.3 Å². The molecule has 0 bridgehead atoms. The maximum Gasteiger partial charge on any atom is 0.505 e. The molecule has 2 N–H and O–H groups in total. The Morgan fingerprint density at radius 3 is 2.47 bits per heavy atom. The summed E-state index contributed by atoms with van der Waals surface area (Å²) >= 11 is 0. The fraction of sp³-hybridized carbons (Fsp3) is 0.783. The number of aliphatic hydroxyl groups is 1. The Morgan fingerprint density at radius 2 is 1.83 bits per heavy atom. The van der Waals surface area contributed by atoms with Gasteiger partial charge in [0.15, 0.2) is 5.78 Å². The molecule has 0 unspecified atom stereocenters. The Bertz CT molecular complexity index is 729. The van der Waals surface area contributed by atoms with E-state index in [0.717, 1.165) is 52.1 Å². The lowest BCUT2D eigenvalue weighted by atomic mass is 9.47. The number of methoxy groups -OCH3 is 1. The number of carbonyl (C=O) groups excluding carboxylic acids is 2. The van der Waals surface area contributed by atoms with Crippen LogP contribution in [-0.2, 0) is 19.1 Å². The number of aliphatic hydroxyl groups excluding tert-OH is 1. The summed E-state index contributed by atoms with van der Waals surface area (Å²) in [5.74, 6) is 1.61. The zero-order valence-corrected chi connectivity index (χ0v) is 18.2. The van der Waals surface area contributed by atoms with Gasteiger partial charge in [-0.05, 0) is 74.2 Å². The predicted octanol–water partition coefficient (Wildman–Crippen LogP) is 3.73. The van der Waals surface area contributed by atoms with Crippen LogP contribution < -0.4 is 0 Å². The SMILES string of the molecule is CC(=O)OC[C@]12CCC(=O)C=C1CC[C@@H]1[C@@H]2CC[C@]2(C)[C@@H](O)CC[C@@H]12.COC(=O)O. The monoisotopic (exact) mass is 422 g/mol. The summed E-state index contributed by atoms with van der Waals surface area (Å²) < 4.78 is 9.21. The number of fused-ring (bicyclic) bond motifs is 5. The smallest absolute Gasteiger partial charge is 0.465 e. The highest BCUT2D eigenvalue weighted by atomic mass is 16.6. The number of rotatable bonds is 2. The van der Waals surface area contributed by atoms with Gasteiger partial charge < -0.3 is 19.7 Å². The lowest BCUT2D eigenvalue weighted by molar-refractivity contribution is -0.150. The van der Waals surface area contributed by atoms with Crippen molar-refractivity contribution in [1.82, 2.24) is 0 Å². The van der Waals surface area contributed by atoms with Gasteiger partial charge in [0.05, 0.1) is 13.2 Å². The second-order valence-corrected chi connectivity index (χ2v) is 9.60. The molecule has 0 amide bonds. The summed E-state index contributed by atoms with van der Waals surface area (Å²) in [4.78, 5) is 32.7. The lowest BCUT2D eigenvalue weighted by Gasteiger charge is -2.58. The van der Waals surface area contributed by atoms with Gasteiger partial charge in [-0.2, -0.15) is 0 Å². The fourth-order valence-electron chi connectivity index (χ4n) is 6.83. The molecule has 4 aliphatic carbocycles. The first-order valence-corrected chi connectivity index (χ1v) is 11.0. The Labute approximate surface area is 177 Å². The molecule has 7 nitrogen and oxygen atoms in total. The number of hydrogen-bond acceptors (Lipinski definition) is 6. The van der Waals surface area contributed by atoms with Crippen LogP contribution in [-0.4, -0.2) is 47.9 Å². The molecule has 0 aromatic carbocycles. The highest BCUT2D eigenvalue weighted by Gasteiger charge is 2.60. The summed E-state index contributed by atoms with van der Waals surface area (Å²) in [6.45, 7) is 4.17. The zero-order valence-electron chi connectivity index (χ0n) is 18.2. The van der Waals surface area contributed by atoms with E-state index in [1.165, 1.54) is 12.5 Å². The van der Waals surface area contributed by atoms with Crippen LogP contribution in [0.4, 0.5) is 4.79 Å². The van der Waals surface area contributed by atoms with Gasteiger partial charge in [-0.1, -0.05) is 12.5 Å². The Hall–Kier alpha value is -1.89. The normalized spacial score (nSPS) is 39.3. The Balaban J connectivity index is 0.000000461. The molecule has 0 radical (unpaired) electrons. The number of carboxylic acid groups (broad SMARTS) is 1. The van der Waals surface area contributed by atoms with Crippen molar-refractivity contribution >= 4 is 17.9 Å². The van der Waals surface area contributed by atoms with Crippen molar-refractivity contribution in [2.75, 3.05) is 13.7 Å². The molecule has 4 aliphatic rings. The third-order valence-electron chi connectivity index (χ3n) is 8.34. The number of hydrogen-bond donors (Lipinski definition) is 2. The summed E-state index contributed by atoms with van der Waals surface area (Å²) in [6, 6.07) is 0. The van der Waals surface area contributed by atoms with Crippen molar-refractivity contribution < 1.29 is 34.1 Å². The summed E-state index contributed by atoms with van der Waals surface area (Å²) in [5.41, 5.74) is 1.14. The molecule has 7 heteroatoms. The molecule has 6 atom stereocenters. The fourth-order valence-corrected chi connectivity index (χ4v) is 6.83. The molecular formula is C23H34O7. The highest BCUT2D eigenvalue weighted by molar-refractivity contribution is 5.91. The molecule has 168 valence electrons. The van der Waals surface area contributed by atoms with Crippen molar-refractivity contribution in [2.24, 2.45) is 28.6 Å². The molecule has 0 aromatic rings. The zero-order chi connectivity index (χ0) is 22.1. The average molecular weight is 423 g/mol.